The van der Waals surface area contributed by atoms with Crippen molar-refractivity contribution in [3.05, 3.63) is 40.7 Å². The summed E-state index contributed by atoms with van der Waals surface area (Å²) in [6.07, 6.45) is 5.47. The fourth-order valence-corrected chi connectivity index (χ4v) is 4.09. The van der Waals surface area contributed by atoms with Crippen LogP contribution in [0, 0.1) is 0 Å². The Hall–Kier alpha value is -2.70. The average molecular weight is 384 g/mol. The Morgan fingerprint density at radius 3 is 2.50 bits per heavy atom. The second kappa shape index (κ2) is 8.54. The molecule has 0 radical (unpaired) electrons. The summed E-state index contributed by atoms with van der Waals surface area (Å²) < 4.78 is 1.52. The zero-order valence-electron chi connectivity index (χ0n) is 16.6. The number of benzene rings is 1. The first-order valence-electron chi connectivity index (χ1n) is 10.1. The molecule has 0 bridgehead atoms. The van der Waals surface area contributed by atoms with Crippen LogP contribution < -0.4 is 10.7 Å². The van der Waals surface area contributed by atoms with E-state index in [0.717, 1.165) is 19.3 Å². The molecular formula is C21H28N4O3. The summed E-state index contributed by atoms with van der Waals surface area (Å²) in [4.78, 5) is 39.9. The van der Waals surface area contributed by atoms with E-state index in [9.17, 15) is 14.4 Å². The van der Waals surface area contributed by atoms with Crippen molar-refractivity contribution >= 4 is 22.7 Å². The van der Waals surface area contributed by atoms with E-state index >= 15 is 0 Å². The second-order valence-electron chi connectivity index (χ2n) is 7.35. The molecule has 1 aromatic heterocycles. The monoisotopic (exact) mass is 384 g/mol. The number of rotatable bonds is 6. The van der Waals surface area contributed by atoms with Gasteiger partial charge in [0.25, 0.3) is 0 Å². The Labute approximate surface area is 164 Å². The van der Waals surface area contributed by atoms with E-state index in [4.69, 9.17) is 0 Å². The van der Waals surface area contributed by atoms with E-state index in [-0.39, 0.29) is 23.8 Å². The number of hydrogen-bond donors (Lipinski definition) is 1. The fourth-order valence-electron chi connectivity index (χ4n) is 4.09. The van der Waals surface area contributed by atoms with Gasteiger partial charge in [0.05, 0.1) is 11.7 Å². The smallest absolute Gasteiger partial charge is 0.248 e. The highest BCUT2D eigenvalue weighted by Gasteiger charge is 2.42. The molecule has 0 saturated heterocycles. The van der Waals surface area contributed by atoms with Crippen molar-refractivity contribution in [1.82, 2.24) is 20.0 Å². The summed E-state index contributed by atoms with van der Waals surface area (Å²) in [5.41, 5.74) is -0.401. The molecule has 28 heavy (non-hydrogen) atoms. The van der Waals surface area contributed by atoms with Gasteiger partial charge < -0.3 is 10.2 Å². The number of aromatic nitrogens is 2. The van der Waals surface area contributed by atoms with Crippen LogP contribution in [0.25, 0.3) is 10.9 Å². The van der Waals surface area contributed by atoms with Gasteiger partial charge in [-0.15, -0.1) is 0 Å². The topological polar surface area (TPSA) is 84.3 Å². The zero-order valence-corrected chi connectivity index (χ0v) is 16.6. The molecule has 1 saturated carbocycles. The standard InChI is InChI=1S/C21H28N4O3/c1-3-24(4-2)20(28)21(12-8-5-9-13-21)23-19(27)15-25-17-11-7-6-10-16(17)18(26)14-22-25/h6-7,10-11,14H,3-5,8-9,12-13,15H2,1-2H3,(H,23,27). The van der Waals surface area contributed by atoms with Gasteiger partial charge in [-0.3, -0.25) is 19.1 Å². The number of fused-ring (bicyclic) bond motifs is 1. The summed E-state index contributed by atoms with van der Waals surface area (Å²) in [5, 5.41) is 7.69. The molecule has 3 rings (SSSR count). The van der Waals surface area contributed by atoms with Gasteiger partial charge in [-0.1, -0.05) is 31.4 Å². The summed E-state index contributed by atoms with van der Waals surface area (Å²) in [7, 11) is 0. The molecule has 1 N–H and O–H groups in total. The molecular weight excluding hydrogens is 356 g/mol. The Kier molecular flexibility index (Phi) is 6.11. The summed E-state index contributed by atoms with van der Waals surface area (Å²) in [5.74, 6) is -0.257. The second-order valence-corrected chi connectivity index (χ2v) is 7.35. The average Bonchev–Trinajstić information content (AvgIpc) is 2.72. The number of amides is 2. The SMILES string of the molecule is CCN(CC)C(=O)C1(NC(=O)Cn2ncc(=O)c3ccccc32)CCCCC1. The van der Waals surface area contributed by atoms with Crippen LogP contribution in [0.4, 0.5) is 0 Å². The highest BCUT2D eigenvalue weighted by molar-refractivity contribution is 5.92. The number of nitrogens with one attached hydrogen (secondary N) is 1. The summed E-state index contributed by atoms with van der Waals surface area (Å²) >= 11 is 0. The van der Waals surface area contributed by atoms with E-state index in [1.54, 1.807) is 23.1 Å². The number of hydrogen-bond acceptors (Lipinski definition) is 4. The number of para-hydroxylation sites is 1. The molecule has 150 valence electrons. The van der Waals surface area contributed by atoms with Crippen LogP contribution in [0.3, 0.4) is 0 Å². The minimum Gasteiger partial charge on any atom is -0.341 e. The fraction of sp³-hybridized carbons (Fsp3) is 0.524. The van der Waals surface area contributed by atoms with Gasteiger partial charge in [-0.2, -0.15) is 5.10 Å². The predicted octanol–water partition coefficient (Wildman–Crippen LogP) is 2.08. The lowest BCUT2D eigenvalue weighted by molar-refractivity contribution is -0.143. The van der Waals surface area contributed by atoms with E-state index < -0.39 is 5.54 Å². The maximum atomic E-state index is 13.2. The number of carbonyl (C=O) groups is 2. The lowest BCUT2D eigenvalue weighted by Gasteiger charge is -2.40. The largest absolute Gasteiger partial charge is 0.341 e. The summed E-state index contributed by atoms with van der Waals surface area (Å²) in [6, 6.07) is 7.09. The van der Waals surface area contributed by atoms with Crippen molar-refractivity contribution in [3.8, 4) is 0 Å². The summed E-state index contributed by atoms with van der Waals surface area (Å²) in [6.45, 7) is 5.12. The van der Waals surface area contributed by atoms with Crippen LogP contribution in [-0.2, 0) is 16.1 Å². The molecule has 2 aromatic rings. The third kappa shape index (κ3) is 3.93. The van der Waals surface area contributed by atoms with Crippen molar-refractivity contribution in [1.29, 1.82) is 0 Å². The van der Waals surface area contributed by atoms with Crippen molar-refractivity contribution in [2.75, 3.05) is 13.1 Å². The van der Waals surface area contributed by atoms with Crippen LogP contribution in [-0.4, -0.2) is 45.1 Å². The molecule has 1 aromatic carbocycles. The van der Waals surface area contributed by atoms with E-state index in [1.165, 1.54) is 10.9 Å². The molecule has 1 aliphatic carbocycles. The quantitative estimate of drug-likeness (QED) is 0.826. The molecule has 2 amide bonds. The van der Waals surface area contributed by atoms with E-state index in [0.29, 0.717) is 36.8 Å². The minimum atomic E-state index is -0.837. The molecule has 0 unspecified atom stereocenters. The van der Waals surface area contributed by atoms with Crippen molar-refractivity contribution < 1.29 is 9.59 Å². The highest BCUT2D eigenvalue weighted by Crippen LogP contribution is 2.30. The molecule has 7 heteroatoms. The van der Waals surface area contributed by atoms with Gasteiger partial charge in [0.15, 0.2) is 0 Å². The van der Waals surface area contributed by atoms with Crippen molar-refractivity contribution in [2.24, 2.45) is 0 Å². The Morgan fingerprint density at radius 1 is 1.14 bits per heavy atom. The van der Waals surface area contributed by atoms with Gasteiger partial charge in [-0.25, -0.2) is 0 Å². The third-order valence-electron chi connectivity index (χ3n) is 5.60. The third-order valence-corrected chi connectivity index (χ3v) is 5.60. The maximum Gasteiger partial charge on any atom is 0.248 e. The molecule has 1 aliphatic rings. The van der Waals surface area contributed by atoms with Crippen LogP contribution in [0.15, 0.2) is 35.3 Å². The lowest BCUT2D eigenvalue weighted by Crippen LogP contribution is -2.61. The van der Waals surface area contributed by atoms with Crippen LogP contribution in [0.2, 0.25) is 0 Å². The van der Waals surface area contributed by atoms with Gasteiger partial charge in [0.1, 0.15) is 12.1 Å². The van der Waals surface area contributed by atoms with Gasteiger partial charge in [0.2, 0.25) is 17.2 Å². The number of carbonyl (C=O) groups excluding carboxylic acids is 2. The van der Waals surface area contributed by atoms with Crippen LogP contribution >= 0.6 is 0 Å². The number of likely N-dealkylation sites (N-methyl/N-ethyl adjacent to an activating group) is 1. The maximum absolute atomic E-state index is 13.2. The Balaban J connectivity index is 1.84. The molecule has 1 heterocycles. The van der Waals surface area contributed by atoms with Crippen LogP contribution in [0.5, 0.6) is 0 Å². The Morgan fingerprint density at radius 2 is 1.82 bits per heavy atom. The normalized spacial score (nSPS) is 15.9. The molecule has 0 spiro atoms. The first-order valence-corrected chi connectivity index (χ1v) is 10.1. The van der Waals surface area contributed by atoms with E-state index in [1.807, 2.05) is 19.9 Å². The van der Waals surface area contributed by atoms with Gasteiger partial charge in [0, 0.05) is 18.5 Å². The number of nitrogens with zero attached hydrogens (tertiary/aromatic N) is 3. The Bertz CT molecular complexity index is 911. The minimum absolute atomic E-state index is 0.00303. The van der Waals surface area contributed by atoms with Crippen molar-refractivity contribution in [2.45, 2.75) is 58.0 Å². The van der Waals surface area contributed by atoms with Gasteiger partial charge >= 0.3 is 0 Å². The molecule has 7 nitrogen and oxygen atoms in total. The van der Waals surface area contributed by atoms with Gasteiger partial charge in [-0.05, 0) is 38.8 Å². The zero-order chi connectivity index (χ0) is 20.1. The van der Waals surface area contributed by atoms with Crippen molar-refractivity contribution in [3.63, 3.8) is 0 Å². The van der Waals surface area contributed by atoms with Crippen LogP contribution in [0.1, 0.15) is 46.0 Å². The lowest BCUT2D eigenvalue weighted by atomic mass is 9.80. The molecule has 0 aliphatic heterocycles. The molecule has 0 atom stereocenters. The first-order chi connectivity index (χ1) is 13.5. The first kappa shape index (κ1) is 20.0. The van der Waals surface area contributed by atoms with E-state index in [2.05, 4.69) is 10.4 Å². The predicted molar refractivity (Wildman–Crippen MR) is 108 cm³/mol. The highest BCUT2D eigenvalue weighted by atomic mass is 16.2. The molecule has 1 fully saturated rings.